The minimum Gasteiger partial charge on any atom is -0.726 e. The van der Waals surface area contributed by atoms with E-state index in [4.69, 9.17) is 0 Å². The smallest absolute Gasteiger partial charge is 0.726 e. The van der Waals surface area contributed by atoms with Gasteiger partial charge in [-0.2, -0.15) is 0 Å². The molecule has 53 heavy (non-hydrogen) atoms. The molecule has 0 bridgehead atoms. The summed E-state index contributed by atoms with van der Waals surface area (Å²) in [6.45, 7) is 6.73. The van der Waals surface area contributed by atoms with Crippen LogP contribution in [0.3, 0.4) is 0 Å². The van der Waals surface area contributed by atoms with Crippen LogP contribution in [0.4, 0.5) is 0 Å². The van der Waals surface area contributed by atoms with E-state index in [1.165, 1.54) is 135 Å². The molecule has 12 nitrogen and oxygen atoms in total. The number of hydrogen-bond acceptors (Lipinski definition) is 12. The molecule has 0 amide bonds. The van der Waals surface area contributed by atoms with Crippen LogP contribution < -0.4 is 29.6 Å². The first-order chi connectivity index (χ1) is 24.2. The van der Waals surface area contributed by atoms with Gasteiger partial charge in [-0.05, 0) is 19.3 Å². The third kappa shape index (κ3) is 74.7. The summed E-state index contributed by atoms with van der Waals surface area (Å²) in [4.78, 5) is 0. The van der Waals surface area contributed by atoms with E-state index in [2.05, 4.69) is 33.3 Å². The predicted molar refractivity (Wildman–Crippen MR) is 202 cm³/mol. The zero-order chi connectivity index (χ0) is 39.0. The van der Waals surface area contributed by atoms with Crippen molar-refractivity contribution in [3.8, 4) is 0 Å². The van der Waals surface area contributed by atoms with Crippen molar-refractivity contribution in [1.29, 1.82) is 0 Å². The first-order valence-corrected chi connectivity index (χ1v) is 24.0. The van der Waals surface area contributed by atoms with Crippen LogP contribution in [0, 0.1) is 0 Å². The van der Waals surface area contributed by atoms with Crippen LogP contribution in [-0.4, -0.2) is 58.7 Å². The molecule has 0 saturated carbocycles. The Bertz CT molecular complexity index is 890. The van der Waals surface area contributed by atoms with Crippen molar-refractivity contribution in [3.63, 3.8) is 0 Å². The van der Waals surface area contributed by atoms with Crippen LogP contribution in [0.15, 0.2) is 0 Å². The molecule has 17 heteroatoms. The SMILES string of the molecule is CCCCCCCCCCCCOS(=O)(=O)[O-].CCCCCCCCCCCCOS(=O)(=O)[O-].CCCCCCCCCCCCOS(=O)(=O)[O-].[Fe+2].[Na+]. The van der Waals surface area contributed by atoms with Gasteiger partial charge in [0, 0.05) is 0 Å². The molecule has 0 aliphatic rings. The van der Waals surface area contributed by atoms with Gasteiger partial charge in [0.2, 0.25) is 31.2 Å². The summed E-state index contributed by atoms with van der Waals surface area (Å²) in [6.07, 6.45) is 35.1. The minimum absolute atomic E-state index is 0. The first-order valence-electron chi connectivity index (χ1n) is 20.0. The average molecular weight is 875 g/mol. The Labute approximate surface area is 359 Å². The van der Waals surface area contributed by atoms with Crippen LogP contribution in [0.25, 0.3) is 0 Å². The summed E-state index contributed by atoms with van der Waals surface area (Å²) < 4.78 is 103. The van der Waals surface area contributed by atoms with E-state index < -0.39 is 31.2 Å². The Balaban J connectivity index is -0.000000213. The van der Waals surface area contributed by atoms with Crippen LogP contribution in [0.5, 0.6) is 0 Å². The van der Waals surface area contributed by atoms with E-state index in [9.17, 15) is 38.9 Å². The second-order valence-corrected chi connectivity index (χ2v) is 16.4. The molecule has 0 atom stereocenters. The van der Waals surface area contributed by atoms with Gasteiger partial charge < -0.3 is 13.7 Å². The van der Waals surface area contributed by atoms with Crippen LogP contribution >= 0.6 is 0 Å². The molecular formula is C36H75FeNaO12S3. The van der Waals surface area contributed by atoms with Crippen LogP contribution in [0.1, 0.15) is 213 Å². The Morgan fingerprint density at radius 1 is 0.302 bits per heavy atom. The van der Waals surface area contributed by atoms with E-state index in [1.54, 1.807) is 0 Å². The van der Waals surface area contributed by atoms with Gasteiger partial charge >= 0.3 is 46.6 Å². The molecule has 0 aliphatic heterocycles. The quantitative estimate of drug-likeness (QED) is 0.0267. The first kappa shape index (κ1) is 63.3. The van der Waals surface area contributed by atoms with E-state index in [1.807, 2.05) is 0 Å². The maximum absolute atomic E-state index is 10.1. The van der Waals surface area contributed by atoms with Gasteiger partial charge in [-0.1, -0.05) is 194 Å². The standard InChI is InChI=1S/3C12H26O4S.Fe.Na/c3*1-2-3-4-5-6-7-8-9-10-11-12-16-17(13,14)15;;/h3*2-12H2,1H3,(H,13,14,15);;/q;;;+2;+1/p-3. The Hall–Kier alpha value is 1.13. The maximum Gasteiger partial charge on any atom is 2.00 e. The van der Waals surface area contributed by atoms with E-state index in [0.717, 1.165) is 38.5 Å². The predicted octanol–water partition coefficient (Wildman–Crippen LogP) is 7.15. The molecule has 0 heterocycles. The summed E-state index contributed by atoms with van der Waals surface area (Å²) in [5, 5.41) is 0. The molecule has 0 aromatic heterocycles. The van der Waals surface area contributed by atoms with Crippen molar-refractivity contribution in [2.24, 2.45) is 0 Å². The largest absolute Gasteiger partial charge is 2.00 e. The number of rotatable bonds is 36. The molecule has 0 fully saturated rings. The summed E-state index contributed by atoms with van der Waals surface area (Å²) >= 11 is 0. The van der Waals surface area contributed by atoms with Gasteiger partial charge in [-0.25, -0.2) is 25.3 Å². The van der Waals surface area contributed by atoms with Crippen molar-refractivity contribution in [1.82, 2.24) is 0 Å². The Kier molecular flexibility index (Phi) is 56.7. The Morgan fingerprint density at radius 2 is 0.434 bits per heavy atom. The van der Waals surface area contributed by atoms with E-state index in [0.29, 0.717) is 19.3 Å². The fraction of sp³-hybridized carbons (Fsp3) is 1.00. The molecule has 0 unspecified atom stereocenters. The van der Waals surface area contributed by atoms with Crippen molar-refractivity contribution in [2.75, 3.05) is 19.8 Å². The fourth-order valence-corrected chi connectivity index (χ4v) is 6.22. The number of unbranched alkanes of at least 4 members (excludes halogenated alkanes) is 27. The molecule has 0 spiro atoms. The Morgan fingerprint density at radius 3 is 0.566 bits per heavy atom. The molecule has 0 aromatic carbocycles. The van der Waals surface area contributed by atoms with E-state index >= 15 is 0 Å². The molecule has 0 aromatic rings. The van der Waals surface area contributed by atoms with Gasteiger partial charge in [0.15, 0.2) is 0 Å². The molecule has 0 radical (unpaired) electrons. The summed E-state index contributed by atoms with van der Waals surface area (Å²) in [5.74, 6) is 0. The van der Waals surface area contributed by atoms with Crippen molar-refractivity contribution < 1.29 is 98.1 Å². The second kappa shape index (κ2) is 47.5. The zero-order valence-electron chi connectivity index (χ0n) is 33.8. The van der Waals surface area contributed by atoms with Gasteiger partial charge in [0.05, 0.1) is 19.8 Å². The van der Waals surface area contributed by atoms with Gasteiger partial charge in [0.1, 0.15) is 0 Å². The van der Waals surface area contributed by atoms with Crippen LogP contribution in [-0.2, 0) is 60.8 Å². The molecular weight excluding hydrogens is 799 g/mol. The fourth-order valence-electron chi connectivity index (χ4n) is 5.25. The molecule has 0 saturated heterocycles. The molecule has 318 valence electrons. The third-order valence-electron chi connectivity index (χ3n) is 8.18. The zero-order valence-corrected chi connectivity index (χ0v) is 39.4. The van der Waals surface area contributed by atoms with Gasteiger partial charge in [-0.3, -0.25) is 12.5 Å². The van der Waals surface area contributed by atoms with E-state index in [-0.39, 0.29) is 66.4 Å². The van der Waals surface area contributed by atoms with Gasteiger partial charge in [0.25, 0.3) is 0 Å². The van der Waals surface area contributed by atoms with Crippen molar-refractivity contribution in [2.45, 2.75) is 213 Å². The summed E-state index contributed by atoms with van der Waals surface area (Å²) in [5.41, 5.74) is 0. The molecule has 0 aliphatic carbocycles. The normalized spacial score (nSPS) is 11.4. The van der Waals surface area contributed by atoms with Gasteiger partial charge in [-0.15, -0.1) is 0 Å². The topological polar surface area (TPSA) is 199 Å². The second-order valence-electron chi connectivity index (χ2n) is 13.2. The molecule has 0 N–H and O–H groups in total. The van der Waals surface area contributed by atoms with Crippen LogP contribution in [0.2, 0.25) is 0 Å². The van der Waals surface area contributed by atoms with Crippen molar-refractivity contribution in [3.05, 3.63) is 0 Å². The summed E-state index contributed by atoms with van der Waals surface area (Å²) in [7, 11) is -13.5. The monoisotopic (exact) mass is 874 g/mol. The molecule has 0 rings (SSSR count). The average Bonchev–Trinajstić information content (AvgIpc) is 3.04. The maximum atomic E-state index is 10.1. The number of hydrogen-bond donors (Lipinski definition) is 0. The minimum atomic E-state index is -4.48. The summed E-state index contributed by atoms with van der Waals surface area (Å²) in [6, 6.07) is 0. The third-order valence-corrected chi connectivity index (χ3v) is 9.54. The van der Waals surface area contributed by atoms with Crippen molar-refractivity contribution >= 4 is 31.2 Å².